The molecule has 170 valence electrons. The highest BCUT2D eigenvalue weighted by atomic mass is 16.5. The van der Waals surface area contributed by atoms with E-state index in [-0.39, 0.29) is 6.01 Å². The topological polar surface area (TPSA) is 85.0 Å². The SMILES string of the molecule is CN1CCCC1COc1nc(OC(C)(C)C)c2ncc(C3(O)CCc4ccccc43)n2n1. The van der Waals surface area contributed by atoms with Gasteiger partial charge in [0.05, 0.1) is 11.9 Å². The van der Waals surface area contributed by atoms with E-state index >= 15 is 0 Å². The summed E-state index contributed by atoms with van der Waals surface area (Å²) in [5.74, 6) is 0.350. The highest BCUT2D eigenvalue weighted by Crippen LogP contribution is 2.42. The van der Waals surface area contributed by atoms with Gasteiger partial charge in [0.2, 0.25) is 5.65 Å². The second-order valence-corrected chi connectivity index (χ2v) is 9.90. The Morgan fingerprint density at radius 2 is 2.06 bits per heavy atom. The Balaban J connectivity index is 1.57. The average molecular weight is 438 g/mol. The lowest BCUT2D eigenvalue weighted by atomic mass is 9.93. The van der Waals surface area contributed by atoms with Gasteiger partial charge in [0.15, 0.2) is 0 Å². The molecular weight excluding hydrogens is 406 g/mol. The van der Waals surface area contributed by atoms with Crippen LogP contribution in [0.4, 0.5) is 0 Å². The molecule has 2 aliphatic rings. The molecule has 1 fully saturated rings. The zero-order valence-corrected chi connectivity index (χ0v) is 19.2. The molecule has 5 rings (SSSR count). The zero-order valence-electron chi connectivity index (χ0n) is 19.2. The molecule has 2 atom stereocenters. The van der Waals surface area contributed by atoms with E-state index in [1.54, 1.807) is 10.7 Å². The lowest BCUT2D eigenvalue weighted by Crippen LogP contribution is -2.31. The number of likely N-dealkylation sites (tertiary alicyclic amines) is 1. The number of benzene rings is 1. The second-order valence-electron chi connectivity index (χ2n) is 9.90. The molecule has 2 aromatic heterocycles. The third-order valence-corrected chi connectivity index (χ3v) is 6.43. The van der Waals surface area contributed by atoms with Gasteiger partial charge in [-0.25, -0.2) is 9.50 Å². The Bertz CT molecular complexity index is 1140. The molecule has 2 unspecified atom stereocenters. The Kier molecular flexibility index (Phi) is 5.09. The number of likely N-dealkylation sites (N-methyl/N-ethyl adjacent to an activating group) is 1. The predicted molar refractivity (Wildman–Crippen MR) is 120 cm³/mol. The fourth-order valence-corrected chi connectivity index (χ4v) is 4.76. The first-order valence-electron chi connectivity index (χ1n) is 11.3. The maximum Gasteiger partial charge on any atom is 0.337 e. The minimum atomic E-state index is -1.17. The molecule has 32 heavy (non-hydrogen) atoms. The average Bonchev–Trinajstić information content (AvgIpc) is 3.44. The van der Waals surface area contributed by atoms with Crippen LogP contribution in [0.3, 0.4) is 0 Å². The maximum atomic E-state index is 11.7. The minimum Gasteiger partial charge on any atom is -0.469 e. The van der Waals surface area contributed by atoms with Crippen molar-refractivity contribution in [2.45, 2.75) is 63.7 Å². The number of hydrogen-bond donors (Lipinski definition) is 1. The van der Waals surface area contributed by atoms with E-state index < -0.39 is 11.2 Å². The van der Waals surface area contributed by atoms with Crippen LogP contribution in [0.5, 0.6) is 11.9 Å². The van der Waals surface area contributed by atoms with Gasteiger partial charge in [0, 0.05) is 6.04 Å². The Labute approximate surface area is 188 Å². The molecular formula is C24H31N5O3. The summed E-state index contributed by atoms with van der Waals surface area (Å²) in [5, 5.41) is 16.4. The van der Waals surface area contributed by atoms with E-state index in [1.165, 1.54) is 6.42 Å². The minimum absolute atomic E-state index is 0.228. The third-order valence-electron chi connectivity index (χ3n) is 6.43. The molecule has 0 spiro atoms. The molecule has 3 aromatic rings. The van der Waals surface area contributed by atoms with Crippen LogP contribution in [0, 0.1) is 0 Å². The molecule has 1 N–H and O–H groups in total. The van der Waals surface area contributed by atoms with Crippen molar-refractivity contribution >= 4 is 5.65 Å². The van der Waals surface area contributed by atoms with Gasteiger partial charge in [-0.2, -0.15) is 4.98 Å². The number of ether oxygens (including phenoxy) is 2. The van der Waals surface area contributed by atoms with Crippen LogP contribution in [0.15, 0.2) is 30.5 Å². The van der Waals surface area contributed by atoms with Gasteiger partial charge in [-0.1, -0.05) is 24.3 Å². The molecule has 1 aromatic carbocycles. The quantitative estimate of drug-likeness (QED) is 0.657. The van der Waals surface area contributed by atoms with Gasteiger partial charge in [-0.15, -0.1) is 5.10 Å². The molecule has 0 radical (unpaired) electrons. The fraction of sp³-hybridized carbons (Fsp3) is 0.542. The first-order chi connectivity index (χ1) is 15.2. The summed E-state index contributed by atoms with van der Waals surface area (Å²) in [6.07, 6.45) is 5.31. The standard InChI is InChI=1S/C24H31N5O3/c1-23(2,3)32-21-20-25-14-19(24(30)12-11-16-8-5-6-10-18(16)24)29(20)27-22(26-21)31-15-17-9-7-13-28(17)4/h5-6,8,10,14,17,30H,7,9,11-13,15H2,1-4H3. The monoisotopic (exact) mass is 437 g/mol. The molecule has 0 saturated carbocycles. The van der Waals surface area contributed by atoms with Crippen LogP contribution in [0.2, 0.25) is 0 Å². The summed E-state index contributed by atoms with van der Waals surface area (Å²) < 4.78 is 13.8. The summed E-state index contributed by atoms with van der Waals surface area (Å²) in [4.78, 5) is 11.4. The Morgan fingerprint density at radius 1 is 1.25 bits per heavy atom. The van der Waals surface area contributed by atoms with Crippen LogP contribution in [0.25, 0.3) is 5.65 Å². The van der Waals surface area contributed by atoms with Gasteiger partial charge in [0.1, 0.15) is 17.8 Å². The molecule has 1 aliphatic heterocycles. The lowest BCUT2D eigenvalue weighted by molar-refractivity contribution is 0.0756. The smallest absolute Gasteiger partial charge is 0.337 e. The first-order valence-corrected chi connectivity index (χ1v) is 11.3. The van der Waals surface area contributed by atoms with E-state index in [1.807, 2.05) is 39.0 Å². The molecule has 8 nitrogen and oxygen atoms in total. The van der Waals surface area contributed by atoms with Crippen molar-refractivity contribution in [3.05, 3.63) is 47.3 Å². The first kappa shape index (κ1) is 21.2. The number of imidazole rings is 1. The van der Waals surface area contributed by atoms with Gasteiger partial charge in [0.25, 0.3) is 5.88 Å². The Hall–Kier alpha value is -2.71. The van der Waals surface area contributed by atoms with Crippen molar-refractivity contribution in [3.8, 4) is 11.9 Å². The number of nitrogens with zero attached hydrogens (tertiary/aromatic N) is 5. The van der Waals surface area contributed by atoms with Crippen LogP contribution in [0.1, 0.15) is 56.9 Å². The maximum absolute atomic E-state index is 11.7. The summed E-state index contributed by atoms with van der Waals surface area (Å²) in [6, 6.07) is 8.56. The van der Waals surface area contributed by atoms with Crippen molar-refractivity contribution in [1.29, 1.82) is 0 Å². The summed E-state index contributed by atoms with van der Waals surface area (Å²) >= 11 is 0. The third kappa shape index (κ3) is 3.71. The molecule has 0 amide bonds. The van der Waals surface area contributed by atoms with Crippen molar-refractivity contribution in [1.82, 2.24) is 24.5 Å². The molecule has 0 bridgehead atoms. The van der Waals surface area contributed by atoms with E-state index in [2.05, 4.69) is 33.1 Å². The second kappa shape index (κ2) is 7.71. The molecule has 1 saturated heterocycles. The van der Waals surface area contributed by atoms with Gasteiger partial charge >= 0.3 is 6.01 Å². The van der Waals surface area contributed by atoms with E-state index in [9.17, 15) is 5.11 Å². The summed E-state index contributed by atoms with van der Waals surface area (Å²) in [5.41, 5.74) is 1.46. The van der Waals surface area contributed by atoms with Crippen LogP contribution in [-0.2, 0) is 12.0 Å². The van der Waals surface area contributed by atoms with E-state index in [0.29, 0.717) is 36.3 Å². The highest BCUT2D eigenvalue weighted by Gasteiger charge is 2.41. The number of aliphatic hydroxyl groups is 1. The number of aromatic nitrogens is 4. The highest BCUT2D eigenvalue weighted by molar-refractivity contribution is 5.53. The number of hydrogen-bond acceptors (Lipinski definition) is 7. The number of fused-ring (bicyclic) bond motifs is 2. The molecule has 1 aliphatic carbocycles. The van der Waals surface area contributed by atoms with Crippen molar-refractivity contribution < 1.29 is 14.6 Å². The lowest BCUT2D eigenvalue weighted by Gasteiger charge is -2.24. The van der Waals surface area contributed by atoms with Crippen LogP contribution in [-0.4, -0.2) is 61.4 Å². The normalized spacial score (nSPS) is 23.6. The van der Waals surface area contributed by atoms with Crippen molar-refractivity contribution in [3.63, 3.8) is 0 Å². The Morgan fingerprint density at radius 3 is 2.81 bits per heavy atom. The van der Waals surface area contributed by atoms with Gasteiger partial charge in [-0.3, -0.25) is 0 Å². The predicted octanol–water partition coefficient (Wildman–Crippen LogP) is 2.96. The largest absolute Gasteiger partial charge is 0.469 e. The van der Waals surface area contributed by atoms with Gasteiger partial charge < -0.3 is 19.5 Å². The van der Waals surface area contributed by atoms with Crippen LogP contribution >= 0.6 is 0 Å². The van der Waals surface area contributed by atoms with Crippen molar-refractivity contribution in [2.75, 3.05) is 20.2 Å². The zero-order chi connectivity index (χ0) is 22.5. The number of rotatable bonds is 5. The molecule has 8 heteroatoms. The van der Waals surface area contributed by atoms with Gasteiger partial charge in [-0.05, 0) is 71.2 Å². The summed E-state index contributed by atoms with van der Waals surface area (Å²) in [7, 11) is 2.11. The molecule has 3 heterocycles. The fourth-order valence-electron chi connectivity index (χ4n) is 4.76. The number of aryl methyl sites for hydroxylation is 1. The summed E-state index contributed by atoms with van der Waals surface area (Å²) in [6.45, 7) is 7.47. The van der Waals surface area contributed by atoms with E-state index in [0.717, 1.165) is 30.5 Å². The van der Waals surface area contributed by atoms with Crippen LogP contribution < -0.4 is 9.47 Å². The van der Waals surface area contributed by atoms with Crippen molar-refractivity contribution in [2.24, 2.45) is 0 Å². The van der Waals surface area contributed by atoms with E-state index in [4.69, 9.17) is 9.47 Å².